The molecule has 0 unspecified atom stereocenters. The maximum Gasteiger partial charge on any atom is 0.328 e. The van der Waals surface area contributed by atoms with Gasteiger partial charge in [-0.3, -0.25) is 14.4 Å². The van der Waals surface area contributed by atoms with Gasteiger partial charge in [-0.25, -0.2) is 4.79 Å². The maximum absolute atomic E-state index is 12.7. The molecule has 2 rings (SSSR count). The lowest BCUT2D eigenvalue weighted by atomic mass is 9.99. The molecule has 0 aliphatic heterocycles. The van der Waals surface area contributed by atoms with Crippen LogP contribution in [-0.4, -0.2) is 42.8 Å². The average Bonchev–Trinajstić information content (AvgIpc) is 2.76. The summed E-state index contributed by atoms with van der Waals surface area (Å²) in [5.74, 6) is -1.65. The first-order valence-corrected chi connectivity index (χ1v) is 10.1. The Hall–Kier alpha value is -3.48. The number of nitrogens with one attached hydrogen (secondary N) is 2. The largest absolute Gasteiger partial charge is 0.467 e. The van der Waals surface area contributed by atoms with E-state index < -0.39 is 24.0 Å². The monoisotopic (exact) mass is 424 g/mol. The number of esters is 1. The number of methoxy groups -OCH3 is 1. The fraction of sp³-hybridized carbons (Fsp3) is 0.333. The Bertz CT molecular complexity index is 923. The van der Waals surface area contributed by atoms with Crippen LogP contribution in [-0.2, 0) is 25.5 Å². The standard InChI is InChI=1S/C24H28N2O5/c1-15(2)21(25-16(3)27)23(29)26-20(24(30)31-4)14-17-10-12-19(13-11-17)22(28)18-8-6-5-7-9-18/h5-13,15,20-21H,14H2,1-4H3,(H,25,27)(H,26,29)/t20-,21+/m0/s1. The Balaban J connectivity index is 2.13. The summed E-state index contributed by atoms with van der Waals surface area (Å²) in [7, 11) is 1.25. The molecule has 2 amide bonds. The van der Waals surface area contributed by atoms with E-state index in [0.717, 1.165) is 5.56 Å². The molecule has 2 aromatic carbocycles. The molecule has 0 spiro atoms. The van der Waals surface area contributed by atoms with Crippen molar-refractivity contribution in [2.75, 3.05) is 7.11 Å². The number of rotatable bonds is 9. The van der Waals surface area contributed by atoms with Gasteiger partial charge in [0.2, 0.25) is 11.8 Å². The smallest absolute Gasteiger partial charge is 0.328 e. The molecule has 0 aromatic heterocycles. The summed E-state index contributed by atoms with van der Waals surface area (Å²) in [4.78, 5) is 48.9. The predicted octanol–water partition coefficient (Wildman–Crippen LogP) is 2.28. The van der Waals surface area contributed by atoms with Gasteiger partial charge in [0.25, 0.3) is 0 Å². The number of hydrogen-bond donors (Lipinski definition) is 2. The maximum atomic E-state index is 12.7. The Morgan fingerprint density at radius 3 is 1.97 bits per heavy atom. The normalized spacial score (nSPS) is 12.5. The summed E-state index contributed by atoms with van der Waals surface area (Å²) < 4.78 is 4.83. The number of carbonyl (C=O) groups excluding carboxylic acids is 4. The number of hydrogen-bond acceptors (Lipinski definition) is 5. The number of amides is 2. The number of ketones is 1. The van der Waals surface area contributed by atoms with Crippen LogP contribution in [0.2, 0.25) is 0 Å². The van der Waals surface area contributed by atoms with Gasteiger partial charge in [-0.05, 0) is 11.5 Å². The zero-order valence-electron chi connectivity index (χ0n) is 18.2. The zero-order chi connectivity index (χ0) is 23.0. The fourth-order valence-electron chi connectivity index (χ4n) is 3.14. The molecular weight excluding hydrogens is 396 g/mol. The molecule has 31 heavy (non-hydrogen) atoms. The third-order valence-corrected chi connectivity index (χ3v) is 4.80. The molecule has 0 fully saturated rings. The second-order valence-corrected chi connectivity index (χ2v) is 7.60. The van der Waals surface area contributed by atoms with Crippen molar-refractivity contribution >= 4 is 23.6 Å². The van der Waals surface area contributed by atoms with Crippen LogP contribution in [0, 0.1) is 5.92 Å². The molecule has 7 heteroatoms. The molecule has 0 saturated carbocycles. The van der Waals surface area contributed by atoms with Crippen molar-refractivity contribution < 1.29 is 23.9 Å². The van der Waals surface area contributed by atoms with Gasteiger partial charge in [0.05, 0.1) is 7.11 Å². The highest BCUT2D eigenvalue weighted by Gasteiger charge is 2.28. The summed E-state index contributed by atoms with van der Waals surface area (Å²) in [5, 5.41) is 5.27. The van der Waals surface area contributed by atoms with Gasteiger partial charge in [-0.15, -0.1) is 0 Å². The Labute approximate surface area is 182 Å². The molecule has 2 N–H and O–H groups in total. The summed E-state index contributed by atoms with van der Waals surface area (Å²) in [6.07, 6.45) is 0.184. The van der Waals surface area contributed by atoms with Gasteiger partial charge in [-0.2, -0.15) is 0 Å². The highest BCUT2D eigenvalue weighted by Crippen LogP contribution is 2.13. The topological polar surface area (TPSA) is 102 Å². The van der Waals surface area contributed by atoms with Crippen molar-refractivity contribution in [3.05, 3.63) is 71.3 Å². The van der Waals surface area contributed by atoms with E-state index in [-0.39, 0.29) is 24.0 Å². The third kappa shape index (κ3) is 6.77. The van der Waals surface area contributed by atoms with Crippen LogP contribution in [0.1, 0.15) is 42.3 Å². The van der Waals surface area contributed by atoms with E-state index in [0.29, 0.717) is 11.1 Å². The van der Waals surface area contributed by atoms with Crippen LogP contribution in [0.5, 0.6) is 0 Å². The van der Waals surface area contributed by atoms with E-state index >= 15 is 0 Å². The first-order chi connectivity index (χ1) is 14.7. The predicted molar refractivity (Wildman–Crippen MR) is 116 cm³/mol. The minimum absolute atomic E-state index is 0.0972. The number of benzene rings is 2. The molecule has 0 heterocycles. The van der Waals surface area contributed by atoms with Gasteiger partial charge < -0.3 is 15.4 Å². The van der Waals surface area contributed by atoms with Gasteiger partial charge in [0.15, 0.2) is 5.78 Å². The quantitative estimate of drug-likeness (QED) is 0.475. The Kier molecular flexibility index (Phi) is 8.49. The highest BCUT2D eigenvalue weighted by molar-refractivity contribution is 6.08. The second kappa shape index (κ2) is 11.1. The molecule has 2 aromatic rings. The van der Waals surface area contributed by atoms with Crippen LogP contribution >= 0.6 is 0 Å². The van der Waals surface area contributed by atoms with E-state index in [2.05, 4.69) is 10.6 Å². The van der Waals surface area contributed by atoms with Crippen molar-refractivity contribution in [1.82, 2.24) is 10.6 Å². The van der Waals surface area contributed by atoms with Gasteiger partial charge in [-0.1, -0.05) is 68.4 Å². The van der Waals surface area contributed by atoms with Crippen LogP contribution < -0.4 is 10.6 Å². The molecule has 0 aliphatic rings. The first-order valence-electron chi connectivity index (χ1n) is 10.1. The molecule has 0 aliphatic carbocycles. The summed E-state index contributed by atoms with van der Waals surface area (Å²) in [6.45, 7) is 4.93. The van der Waals surface area contributed by atoms with E-state index in [9.17, 15) is 19.2 Å². The lowest BCUT2D eigenvalue weighted by molar-refractivity contribution is -0.145. The van der Waals surface area contributed by atoms with Gasteiger partial charge in [0.1, 0.15) is 12.1 Å². The summed E-state index contributed by atoms with van der Waals surface area (Å²) in [6, 6.07) is 14.1. The summed E-state index contributed by atoms with van der Waals surface area (Å²) in [5.41, 5.74) is 1.87. The molecule has 0 saturated heterocycles. The third-order valence-electron chi connectivity index (χ3n) is 4.80. The fourth-order valence-corrected chi connectivity index (χ4v) is 3.14. The molecule has 7 nitrogen and oxygen atoms in total. The zero-order valence-corrected chi connectivity index (χ0v) is 18.2. The van der Waals surface area contributed by atoms with Crippen LogP contribution in [0.25, 0.3) is 0 Å². The second-order valence-electron chi connectivity index (χ2n) is 7.60. The van der Waals surface area contributed by atoms with Crippen LogP contribution in [0.4, 0.5) is 0 Å². The molecule has 2 atom stereocenters. The molecule has 0 bridgehead atoms. The number of carbonyl (C=O) groups is 4. The Morgan fingerprint density at radius 2 is 1.45 bits per heavy atom. The van der Waals surface area contributed by atoms with Crippen LogP contribution in [0.3, 0.4) is 0 Å². The lowest BCUT2D eigenvalue weighted by Crippen LogP contribution is -2.54. The SMILES string of the molecule is COC(=O)[C@H](Cc1ccc(C(=O)c2ccccc2)cc1)NC(=O)[C@H](NC(C)=O)C(C)C. The van der Waals surface area contributed by atoms with Gasteiger partial charge in [0, 0.05) is 24.5 Å². The minimum atomic E-state index is -0.928. The van der Waals surface area contributed by atoms with Crippen LogP contribution in [0.15, 0.2) is 54.6 Å². The summed E-state index contributed by atoms with van der Waals surface area (Å²) >= 11 is 0. The van der Waals surface area contributed by atoms with Crippen molar-refractivity contribution in [2.45, 2.75) is 39.3 Å². The van der Waals surface area contributed by atoms with E-state index in [1.807, 2.05) is 6.07 Å². The van der Waals surface area contributed by atoms with E-state index in [1.165, 1.54) is 14.0 Å². The van der Waals surface area contributed by atoms with Gasteiger partial charge >= 0.3 is 5.97 Å². The van der Waals surface area contributed by atoms with Crippen molar-refractivity contribution in [2.24, 2.45) is 5.92 Å². The van der Waals surface area contributed by atoms with Crippen molar-refractivity contribution in [3.63, 3.8) is 0 Å². The highest BCUT2D eigenvalue weighted by atomic mass is 16.5. The Morgan fingerprint density at radius 1 is 0.871 bits per heavy atom. The molecular formula is C24H28N2O5. The molecule has 0 radical (unpaired) electrons. The average molecular weight is 424 g/mol. The lowest BCUT2D eigenvalue weighted by Gasteiger charge is -2.24. The minimum Gasteiger partial charge on any atom is -0.467 e. The van der Waals surface area contributed by atoms with Crippen molar-refractivity contribution in [3.8, 4) is 0 Å². The molecule has 164 valence electrons. The van der Waals surface area contributed by atoms with E-state index in [1.54, 1.807) is 62.4 Å². The van der Waals surface area contributed by atoms with Crippen molar-refractivity contribution in [1.29, 1.82) is 0 Å². The number of ether oxygens (including phenoxy) is 1. The first kappa shape index (κ1) is 23.8. The van der Waals surface area contributed by atoms with E-state index in [4.69, 9.17) is 4.74 Å².